The topological polar surface area (TPSA) is 101 Å². The maximum absolute atomic E-state index is 13.0. The Labute approximate surface area is 223 Å². The van der Waals surface area contributed by atoms with Gasteiger partial charge in [-0.1, -0.05) is 30.3 Å². The van der Waals surface area contributed by atoms with Crippen LogP contribution >= 0.6 is 0 Å². The van der Waals surface area contributed by atoms with Crippen LogP contribution in [-0.4, -0.2) is 64.9 Å². The number of likely N-dealkylation sites (N-methyl/N-ethyl adjacent to an activating group) is 1. The smallest absolute Gasteiger partial charge is 0.256 e. The molecule has 38 heavy (non-hydrogen) atoms. The van der Waals surface area contributed by atoms with Gasteiger partial charge < -0.3 is 25.6 Å². The molecule has 1 saturated heterocycles. The molecule has 0 aliphatic carbocycles. The first-order valence-corrected chi connectivity index (χ1v) is 13.1. The van der Waals surface area contributed by atoms with E-state index in [-0.39, 0.29) is 17.9 Å². The third kappa shape index (κ3) is 5.03. The number of H-pyrrole nitrogens is 1. The van der Waals surface area contributed by atoms with Gasteiger partial charge in [-0.3, -0.25) is 14.5 Å². The zero-order valence-corrected chi connectivity index (χ0v) is 22.3. The molecule has 0 radical (unpaired) electrons. The number of carbonyl (C=O) groups excluding carboxylic acids is 2. The van der Waals surface area contributed by atoms with Crippen molar-refractivity contribution in [2.24, 2.45) is 0 Å². The van der Waals surface area contributed by atoms with Gasteiger partial charge in [-0.2, -0.15) is 0 Å². The maximum Gasteiger partial charge on any atom is 0.256 e. The summed E-state index contributed by atoms with van der Waals surface area (Å²) in [7, 11) is 2.09. The molecule has 1 fully saturated rings. The minimum atomic E-state index is -0.710. The van der Waals surface area contributed by atoms with Crippen molar-refractivity contribution in [3.63, 3.8) is 0 Å². The first-order chi connectivity index (χ1) is 18.2. The Morgan fingerprint density at radius 2 is 1.79 bits per heavy atom. The van der Waals surface area contributed by atoms with E-state index >= 15 is 0 Å². The number of nitrogens with zero attached hydrogens (tertiary/aromatic N) is 2. The minimum absolute atomic E-state index is 0.151. The number of benzene rings is 2. The molecule has 0 spiro atoms. The normalized spacial score (nSPS) is 18.8. The molecule has 8 heteroatoms. The highest BCUT2D eigenvalue weighted by atomic mass is 16.3. The number of amides is 2. The van der Waals surface area contributed by atoms with Crippen LogP contribution in [0.5, 0.6) is 0 Å². The number of aliphatic hydroxyl groups excluding tert-OH is 1. The summed E-state index contributed by atoms with van der Waals surface area (Å²) in [5, 5.41) is 17.1. The highest BCUT2D eigenvalue weighted by Crippen LogP contribution is 2.36. The molecule has 2 amide bonds. The quantitative estimate of drug-likeness (QED) is 0.375. The summed E-state index contributed by atoms with van der Waals surface area (Å²) in [6.07, 6.45) is 1.11. The van der Waals surface area contributed by atoms with Crippen molar-refractivity contribution in [1.29, 1.82) is 0 Å². The standard InChI is InChI=1S/C30H35N5O3/c1-18-26(31-20(3)27(18)30(38)35-14-12-34(4)13-15-35)17-24-23-16-22(10-11-25(23)33-29(24)37)28(36)32-19(2)21-8-6-5-7-9-21/h5-11,16-17,19,30-31,38H,12-15H2,1-4H3,(H,32,36)(H,33,37). The number of carbonyl (C=O) groups is 2. The van der Waals surface area contributed by atoms with Crippen molar-refractivity contribution in [3.8, 4) is 0 Å². The van der Waals surface area contributed by atoms with Gasteiger partial charge >= 0.3 is 0 Å². The molecule has 8 nitrogen and oxygen atoms in total. The second-order valence-electron chi connectivity index (χ2n) is 10.3. The monoisotopic (exact) mass is 513 g/mol. The molecule has 3 heterocycles. The van der Waals surface area contributed by atoms with E-state index in [0.29, 0.717) is 22.4 Å². The number of aromatic nitrogens is 1. The Morgan fingerprint density at radius 3 is 2.50 bits per heavy atom. The summed E-state index contributed by atoms with van der Waals surface area (Å²) >= 11 is 0. The summed E-state index contributed by atoms with van der Waals surface area (Å²) in [5.74, 6) is -0.421. The second kappa shape index (κ2) is 10.6. The third-order valence-corrected chi connectivity index (χ3v) is 7.68. The van der Waals surface area contributed by atoms with Crippen LogP contribution in [0.2, 0.25) is 0 Å². The van der Waals surface area contributed by atoms with Gasteiger partial charge in [0.25, 0.3) is 11.8 Å². The lowest BCUT2D eigenvalue weighted by atomic mass is 10.0. The van der Waals surface area contributed by atoms with Gasteiger partial charge in [-0.25, -0.2) is 0 Å². The van der Waals surface area contributed by atoms with Crippen LogP contribution in [-0.2, 0) is 4.79 Å². The van der Waals surface area contributed by atoms with Gasteiger partial charge in [-0.15, -0.1) is 0 Å². The summed E-state index contributed by atoms with van der Waals surface area (Å²) in [6, 6.07) is 14.9. The lowest BCUT2D eigenvalue weighted by molar-refractivity contribution is -0.110. The average Bonchev–Trinajstić information content (AvgIpc) is 3.38. The Balaban J connectivity index is 1.41. The fourth-order valence-corrected chi connectivity index (χ4v) is 5.29. The van der Waals surface area contributed by atoms with Crippen LogP contribution in [0.15, 0.2) is 48.5 Å². The van der Waals surface area contributed by atoms with Crippen molar-refractivity contribution >= 4 is 29.2 Å². The van der Waals surface area contributed by atoms with E-state index in [1.807, 2.05) is 57.2 Å². The predicted octanol–water partition coefficient (Wildman–Crippen LogP) is 3.85. The fourth-order valence-electron chi connectivity index (χ4n) is 5.29. The molecular weight excluding hydrogens is 478 g/mol. The van der Waals surface area contributed by atoms with Gasteiger partial charge in [0.15, 0.2) is 0 Å². The number of aromatic amines is 1. The Hall–Kier alpha value is -3.72. The highest BCUT2D eigenvalue weighted by molar-refractivity contribution is 6.35. The number of hydrogen-bond acceptors (Lipinski definition) is 5. The van der Waals surface area contributed by atoms with E-state index in [4.69, 9.17) is 0 Å². The van der Waals surface area contributed by atoms with Crippen molar-refractivity contribution in [2.75, 3.05) is 38.5 Å². The zero-order valence-electron chi connectivity index (χ0n) is 22.3. The molecule has 198 valence electrons. The number of hydrogen-bond donors (Lipinski definition) is 4. The van der Waals surface area contributed by atoms with Crippen molar-refractivity contribution in [3.05, 3.63) is 87.7 Å². The number of anilines is 1. The Morgan fingerprint density at radius 1 is 1.08 bits per heavy atom. The van der Waals surface area contributed by atoms with Gasteiger partial charge in [0.1, 0.15) is 6.23 Å². The van der Waals surface area contributed by atoms with Crippen LogP contribution in [0.4, 0.5) is 5.69 Å². The fraction of sp³-hybridized carbons (Fsp3) is 0.333. The summed E-state index contributed by atoms with van der Waals surface area (Å²) < 4.78 is 0. The van der Waals surface area contributed by atoms with E-state index in [9.17, 15) is 14.7 Å². The molecule has 2 unspecified atom stereocenters. The first-order valence-electron chi connectivity index (χ1n) is 13.1. The summed E-state index contributed by atoms with van der Waals surface area (Å²) in [6.45, 7) is 9.27. The number of rotatable bonds is 6. The van der Waals surface area contributed by atoms with Gasteiger partial charge in [0, 0.05) is 59.9 Å². The molecule has 3 aromatic rings. The van der Waals surface area contributed by atoms with E-state index < -0.39 is 6.23 Å². The molecule has 2 aromatic carbocycles. The van der Waals surface area contributed by atoms with Crippen molar-refractivity contribution < 1.29 is 14.7 Å². The van der Waals surface area contributed by atoms with E-state index in [1.165, 1.54) is 0 Å². The largest absolute Gasteiger partial charge is 0.374 e. The predicted molar refractivity (Wildman–Crippen MR) is 150 cm³/mol. The van der Waals surface area contributed by atoms with Crippen molar-refractivity contribution in [1.82, 2.24) is 20.1 Å². The average molecular weight is 514 g/mol. The minimum Gasteiger partial charge on any atom is -0.374 e. The highest BCUT2D eigenvalue weighted by Gasteiger charge is 2.29. The molecule has 2 atom stereocenters. The molecule has 1 aromatic heterocycles. The number of fused-ring (bicyclic) bond motifs is 1. The van der Waals surface area contributed by atoms with Gasteiger partial charge in [-0.05, 0) is 63.2 Å². The van der Waals surface area contributed by atoms with Crippen LogP contribution in [0.3, 0.4) is 0 Å². The number of aliphatic hydroxyl groups is 1. The molecule has 4 N–H and O–H groups in total. The summed E-state index contributed by atoms with van der Waals surface area (Å²) in [4.78, 5) is 33.7. The molecule has 0 saturated carbocycles. The molecule has 0 bridgehead atoms. The number of nitrogens with one attached hydrogen (secondary N) is 3. The molecular formula is C30H35N5O3. The summed E-state index contributed by atoms with van der Waals surface area (Å²) in [5.41, 5.74) is 6.76. The number of aryl methyl sites for hydroxylation is 1. The van der Waals surface area contributed by atoms with Gasteiger partial charge in [0.2, 0.25) is 0 Å². The number of piperazine rings is 1. The molecule has 5 rings (SSSR count). The second-order valence-corrected chi connectivity index (χ2v) is 10.3. The van der Waals surface area contributed by atoms with E-state index in [2.05, 4.69) is 32.5 Å². The lowest BCUT2D eigenvalue weighted by Gasteiger charge is -2.35. The zero-order chi connectivity index (χ0) is 27.0. The molecule has 2 aliphatic heterocycles. The van der Waals surface area contributed by atoms with E-state index in [0.717, 1.165) is 54.3 Å². The Kier molecular flexibility index (Phi) is 7.21. The maximum atomic E-state index is 13.0. The lowest BCUT2D eigenvalue weighted by Crippen LogP contribution is -2.46. The van der Waals surface area contributed by atoms with Gasteiger partial charge in [0.05, 0.1) is 11.6 Å². The Bertz CT molecular complexity index is 1390. The SMILES string of the molecule is Cc1[nH]c(C=C2C(=O)Nc3ccc(C(=O)NC(C)c4ccccc4)cc32)c(C)c1C(O)N1CCN(C)CC1. The van der Waals surface area contributed by atoms with Crippen molar-refractivity contribution in [2.45, 2.75) is 33.0 Å². The first kappa shape index (κ1) is 25.9. The van der Waals surface area contributed by atoms with Crippen LogP contribution in [0.1, 0.15) is 63.2 Å². The van der Waals surface area contributed by atoms with Crippen LogP contribution in [0.25, 0.3) is 11.6 Å². The molecule has 2 aliphatic rings. The third-order valence-electron chi connectivity index (χ3n) is 7.68. The van der Waals surface area contributed by atoms with E-state index in [1.54, 1.807) is 18.2 Å². The van der Waals surface area contributed by atoms with Crippen LogP contribution in [0, 0.1) is 13.8 Å². The van der Waals surface area contributed by atoms with Crippen LogP contribution < -0.4 is 10.6 Å².